The summed E-state index contributed by atoms with van der Waals surface area (Å²) in [5.74, 6) is -0.603. The SMILES string of the molecule is N#Cc1ccccc1-c1ccc(CC2(C(=O)CCCC(=O)O)CCCCCCCC2)cc1. The molecule has 0 aromatic heterocycles. The molecule has 0 saturated heterocycles. The summed E-state index contributed by atoms with van der Waals surface area (Å²) >= 11 is 0. The number of hydrogen-bond donors (Lipinski definition) is 1. The van der Waals surface area contributed by atoms with Gasteiger partial charge in [-0.3, -0.25) is 9.59 Å². The zero-order valence-electron chi connectivity index (χ0n) is 18.8. The number of benzene rings is 2. The van der Waals surface area contributed by atoms with Crippen molar-refractivity contribution in [3.8, 4) is 17.2 Å². The Labute approximate surface area is 191 Å². The molecule has 0 amide bonds. The standard InChI is InChI=1S/C28H33NO3/c29-21-24-10-5-6-11-25(24)23-16-14-22(15-17-23)20-28(26(30)12-9-13-27(31)32)18-7-3-1-2-4-8-19-28/h5-6,10-11,14-17H,1-4,7-9,12-13,18-20H2,(H,31,32). The van der Waals surface area contributed by atoms with E-state index in [0.29, 0.717) is 24.8 Å². The maximum absolute atomic E-state index is 13.4. The fourth-order valence-corrected chi connectivity index (χ4v) is 5.00. The third kappa shape index (κ3) is 6.29. The van der Waals surface area contributed by atoms with Crippen molar-refractivity contribution >= 4 is 11.8 Å². The van der Waals surface area contributed by atoms with Crippen LogP contribution in [0.4, 0.5) is 0 Å². The van der Waals surface area contributed by atoms with Gasteiger partial charge in [-0.1, -0.05) is 81.0 Å². The van der Waals surface area contributed by atoms with Gasteiger partial charge in [0.25, 0.3) is 0 Å². The molecule has 0 aliphatic heterocycles. The first-order chi connectivity index (χ1) is 15.5. The molecule has 0 atom stereocenters. The van der Waals surface area contributed by atoms with Gasteiger partial charge < -0.3 is 5.11 Å². The topological polar surface area (TPSA) is 78.2 Å². The normalized spacial score (nSPS) is 16.2. The van der Waals surface area contributed by atoms with Crippen LogP contribution in [0.1, 0.15) is 81.8 Å². The average molecular weight is 432 g/mol. The Hall–Kier alpha value is -2.93. The fourth-order valence-electron chi connectivity index (χ4n) is 5.00. The minimum absolute atomic E-state index is 0.0504. The molecule has 1 fully saturated rings. The van der Waals surface area contributed by atoms with Crippen molar-refractivity contribution in [3.63, 3.8) is 0 Å². The van der Waals surface area contributed by atoms with E-state index in [9.17, 15) is 14.9 Å². The van der Waals surface area contributed by atoms with E-state index in [4.69, 9.17) is 5.11 Å². The molecule has 1 N–H and O–H groups in total. The molecule has 0 heterocycles. The number of aliphatic carboxylic acids is 1. The van der Waals surface area contributed by atoms with Crippen LogP contribution in [0.5, 0.6) is 0 Å². The molecule has 2 aromatic carbocycles. The van der Waals surface area contributed by atoms with Gasteiger partial charge in [0.1, 0.15) is 5.78 Å². The number of nitrogens with zero attached hydrogens (tertiary/aromatic N) is 1. The van der Waals surface area contributed by atoms with Gasteiger partial charge in [-0.15, -0.1) is 0 Å². The Morgan fingerprint density at radius 2 is 1.50 bits per heavy atom. The zero-order valence-corrected chi connectivity index (χ0v) is 18.8. The summed E-state index contributed by atoms with van der Waals surface area (Å²) in [6, 6.07) is 18.1. The minimum atomic E-state index is -0.838. The quantitative estimate of drug-likeness (QED) is 0.504. The molecule has 1 saturated carbocycles. The summed E-state index contributed by atoms with van der Waals surface area (Å²) in [4.78, 5) is 24.4. The smallest absolute Gasteiger partial charge is 0.303 e. The highest BCUT2D eigenvalue weighted by molar-refractivity contribution is 5.85. The third-order valence-corrected chi connectivity index (χ3v) is 6.80. The lowest BCUT2D eigenvalue weighted by molar-refractivity contribution is -0.137. The van der Waals surface area contributed by atoms with Gasteiger partial charge in [0, 0.05) is 18.3 Å². The van der Waals surface area contributed by atoms with Crippen LogP contribution < -0.4 is 0 Å². The second-order valence-electron chi connectivity index (χ2n) is 9.10. The van der Waals surface area contributed by atoms with Gasteiger partial charge in [-0.25, -0.2) is 0 Å². The Morgan fingerprint density at radius 3 is 2.12 bits per heavy atom. The minimum Gasteiger partial charge on any atom is -0.481 e. The number of nitriles is 1. The van der Waals surface area contributed by atoms with E-state index in [1.165, 1.54) is 12.8 Å². The number of Topliss-reactive ketones (excluding diaryl/α,β-unsaturated/α-hetero) is 1. The molecule has 4 heteroatoms. The van der Waals surface area contributed by atoms with Crippen molar-refractivity contribution in [2.24, 2.45) is 5.41 Å². The number of rotatable bonds is 8. The largest absolute Gasteiger partial charge is 0.481 e. The van der Waals surface area contributed by atoms with E-state index in [2.05, 4.69) is 18.2 Å². The van der Waals surface area contributed by atoms with Crippen LogP contribution in [-0.2, 0) is 16.0 Å². The van der Waals surface area contributed by atoms with Crippen molar-refractivity contribution in [3.05, 3.63) is 59.7 Å². The lowest BCUT2D eigenvalue weighted by Crippen LogP contribution is -2.34. The molecule has 2 aromatic rings. The van der Waals surface area contributed by atoms with Crippen molar-refractivity contribution in [2.45, 2.75) is 77.0 Å². The number of hydrogen-bond acceptors (Lipinski definition) is 3. The first-order valence-electron chi connectivity index (χ1n) is 11.9. The first-order valence-corrected chi connectivity index (χ1v) is 11.9. The molecule has 168 valence electrons. The maximum Gasteiger partial charge on any atom is 0.303 e. The number of carbonyl (C=O) groups excluding carboxylic acids is 1. The Bertz CT molecular complexity index is 945. The van der Waals surface area contributed by atoms with Gasteiger partial charge in [0.2, 0.25) is 0 Å². The Kier molecular flexibility index (Phi) is 8.62. The zero-order chi connectivity index (χ0) is 22.8. The lowest BCUT2D eigenvalue weighted by atomic mass is 9.69. The molecule has 0 bridgehead atoms. The van der Waals surface area contributed by atoms with Gasteiger partial charge in [-0.2, -0.15) is 5.26 Å². The molecule has 4 nitrogen and oxygen atoms in total. The molecule has 32 heavy (non-hydrogen) atoms. The van der Waals surface area contributed by atoms with Gasteiger partial charge >= 0.3 is 5.97 Å². The summed E-state index contributed by atoms with van der Waals surface area (Å²) in [5.41, 5.74) is 3.32. The monoisotopic (exact) mass is 431 g/mol. The second-order valence-corrected chi connectivity index (χ2v) is 9.10. The van der Waals surface area contributed by atoms with E-state index >= 15 is 0 Å². The Balaban J connectivity index is 1.82. The van der Waals surface area contributed by atoms with Crippen LogP contribution in [0, 0.1) is 16.7 Å². The van der Waals surface area contributed by atoms with E-state index in [1.54, 1.807) is 0 Å². The maximum atomic E-state index is 13.4. The Morgan fingerprint density at radius 1 is 0.875 bits per heavy atom. The molecule has 0 radical (unpaired) electrons. The number of carboxylic acids is 1. The van der Waals surface area contributed by atoms with Crippen LogP contribution in [0.15, 0.2) is 48.5 Å². The highest BCUT2D eigenvalue weighted by Crippen LogP contribution is 2.39. The molecule has 0 spiro atoms. The summed E-state index contributed by atoms with van der Waals surface area (Å²) in [6.45, 7) is 0. The molecule has 3 rings (SSSR count). The summed E-state index contributed by atoms with van der Waals surface area (Å²) in [6.07, 6.45) is 10.2. The van der Waals surface area contributed by atoms with Crippen LogP contribution in [0.25, 0.3) is 11.1 Å². The third-order valence-electron chi connectivity index (χ3n) is 6.80. The molecular formula is C28H33NO3. The number of carboxylic acid groups (broad SMARTS) is 1. The summed E-state index contributed by atoms with van der Waals surface area (Å²) in [7, 11) is 0. The highest BCUT2D eigenvalue weighted by atomic mass is 16.4. The van der Waals surface area contributed by atoms with Gasteiger partial charge in [-0.05, 0) is 48.4 Å². The van der Waals surface area contributed by atoms with E-state index in [0.717, 1.165) is 55.2 Å². The average Bonchev–Trinajstić information content (AvgIpc) is 2.92. The van der Waals surface area contributed by atoms with Crippen LogP contribution in [0.3, 0.4) is 0 Å². The predicted octanol–water partition coefficient (Wildman–Crippen LogP) is 6.71. The number of ketones is 1. The van der Waals surface area contributed by atoms with Crippen molar-refractivity contribution in [2.75, 3.05) is 0 Å². The van der Waals surface area contributed by atoms with Gasteiger partial charge in [0.15, 0.2) is 0 Å². The van der Waals surface area contributed by atoms with Gasteiger partial charge in [0.05, 0.1) is 11.6 Å². The summed E-state index contributed by atoms with van der Waals surface area (Å²) < 4.78 is 0. The molecule has 1 aliphatic rings. The second kappa shape index (κ2) is 11.6. The van der Waals surface area contributed by atoms with E-state index < -0.39 is 11.4 Å². The lowest BCUT2D eigenvalue weighted by Gasteiger charge is -2.33. The van der Waals surface area contributed by atoms with Crippen molar-refractivity contribution < 1.29 is 14.7 Å². The highest BCUT2D eigenvalue weighted by Gasteiger charge is 2.37. The van der Waals surface area contributed by atoms with Crippen molar-refractivity contribution in [1.29, 1.82) is 5.26 Å². The predicted molar refractivity (Wildman–Crippen MR) is 126 cm³/mol. The van der Waals surface area contributed by atoms with Crippen LogP contribution in [0.2, 0.25) is 0 Å². The first kappa shape index (κ1) is 23.7. The number of carbonyl (C=O) groups is 2. The van der Waals surface area contributed by atoms with Crippen molar-refractivity contribution in [1.82, 2.24) is 0 Å². The summed E-state index contributed by atoms with van der Waals surface area (Å²) in [5, 5.41) is 18.4. The van der Waals surface area contributed by atoms with E-state index in [-0.39, 0.29) is 12.2 Å². The molecule has 1 aliphatic carbocycles. The molecular weight excluding hydrogens is 398 g/mol. The fraction of sp³-hybridized carbons (Fsp3) is 0.464. The van der Waals surface area contributed by atoms with Crippen LogP contribution >= 0.6 is 0 Å². The van der Waals surface area contributed by atoms with E-state index in [1.807, 2.05) is 36.4 Å². The molecule has 0 unspecified atom stereocenters. The van der Waals surface area contributed by atoms with Crippen LogP contribution in [-0.4, -0.2) is 16.9 Å².